The third-order valence-electron chi connectivity index (χ3n) is 3.47. The maximum Gasteiger partial charge on any atom is 0.323 e. The summed E-state index contributed by atoms with van der Waals surface area (Å²) >= 11 is 1.52. The predicted molar refractivity (Wildman–Crippen MR) is 95.5 cm³/mol. The Kier molecular flexibility index (Phi) is 5.06. The highest BCUT2D eigenvalue weighted by Crippen LogP contribution is 2.17. The second kappa shape index (κ2) is 7.61. The number of carbonyl (C=O) groups excluding carboxylic acids is 1. The lowest BCUT2D eigenvalue weighted by Gasteiger charge is -2.23. The number of hydrogen-bond donors (Lipinski definition) is 1. The molecule has 2 aromatic carbocycles. The monoisotopic (exact) mass is 322 g/mol. The molecular weight excluding hydrogens is 304 g/mol. The van der Waals surface area contributed by atoms with Gasteiger partial charge in [-0.3, -0.25) is 5.32 Å². The molecule has 0 radical (unpaired) electrons. The predicted octanol–water partition coefficient (Wildman–Crippen LogP) is 4.98. The Morgan fingerprint density at radius 3 is 1.87 bits per heavy atom. The molecule has 0 aliphatic carbocycles. The molecule has 3 nitrogen and oxygen atoms in total. The smallest absolute Gasteiger partial charge is 0.316 e. The van der Waals surface area contributed by atoms with Crippen molar-refractivity contribution in [2.24, 2.45) is 0 Å². The Hall–Kier alpha value is -2.59. The van der Waals surface area contributed by atoms with Crippen molar-refractivity contribution in [1.29, 1.82) is 0 Å². The number of anilines is 1. The van der Waals surface area contributed by atoms with Crippen LogP contribution < -0.4 is 5.32 Å². The third kappa shape index (κ3) is 4.44. The Bertz CT molecular complexity index is 685. The minimum Gasteiger partial charge on any atom is -0.316 e. The van der Waals surface area contributed by atoms with Crippen molar-refractivity contribution in [2.75, 3.05) is 5.32 Å². The molecule has 116 valence electrons. The lowest BCUT2D eigenvalue weighted by atomic mass is 10.2. The molecule has 1 aromatic heterocycles. The summed E-state index contributed by atoms with van der Waals surface area (Å²) in [6, 6.07) is 23.8. The minimum atomic E-state index is -0.0832. The van der Waals surface area contributed by atoms with E-state index >= 15 is 0 Å². The zero-order valence-corrected chi connectivity index (χ0v) is 13.5. The van der Waals surface area contributed by atoms with E-state index in [4.69, 9.17) is 0 Å². The van der Waals surface area contributed by atoms with E-state index < -0.39 is 0 Å². The number of urea groups is 1. The van der Waals surface area contributed by atoms with Crippen LogP contribution in [0, 0.1) is 0 Å². The zero-order chi connectivity index (χ0) is 15.9. The van der Waals surface area contributed by atoms with Crippen LogP contribution >= 0.6 is 11.3 Å². The first-order valence-electron chi connectivity index (χ1n) is 7.48. The van der Waals surface area contributed by atoms with Gasteiger partial charge in [0.1, 0.15) is 0 Å². The average molecular weight is 322 g/mol. The van der Waals surface area contributed by atoms with Gasteiger partial charge in [-0.15, -0.1) is 11.3 Å². The van der Waals surface area contributed by atoms with Crippen LogP contribution in [0.15, 0.2) is 78.2 Å². The molecule has 0 saturated heterocycles. The molecule has 3 rings (SSSR count). The Morgan fingerprint density at radius 2 is 1.39 bits per heavy atom. The van der Waals surface area contributed by atoms with Crippen LogP contribution in [0.5, 0.6) is 0 Å². The fraction of sp³-hybridized carbons (Fsp3) is 0.105. The van der Waals surface area contributed by atoms with E-state index in [-0.39, 0.29) is 6.03 Å². The van der Waals surface area contributed by atoms with Gasteiger partial charge in [0.15, 0.2) is 0 Å². The van der Waals surface area contributed by atoms with Crippen LogP contribution in [0.1, 0.15) is 11.1 Å². The fourth-order valence-electron chi connectivity index (χ4n) is 2.34. The standard InChI is InChI=1S/C19H18N2OS/c22-19(20-18-12-7-13-23-18)21(14-16-8-3-1-4-9-16)15-17-10-5-2-6-11-17/h1-13H,14-15H2,(H,20,22). The largest absolute Gasteiger partial charge is 0.323 e. The van der Waals surface area contributed by atoms with Gasteiger partial charge in [-0.1, -0.05) is 60.7 Å². The van der Waals surface area contributed by atoms with Crippen molar-refractivity contribution in [1.82, 2.24) is 4.90 Å². The van der Waals surface area contributed by atoms with Gasteiger partial charge in [0.05, 0.1) is 5.00 Å². The van der Waals surface area contributed by atoms with Crippen molar-refractivity contribution >= 4 is 22.4 Å². The number of benzene rings is 2. The van der Waals surface area contributed by atoms with Crippen molar-refractivity contribution in [3.63, 3.8) is 0 Å². The van der Waals surface area contributed by atoms with Crippen molar-refractivity contribution in [2.45, 2.75) is 13.1 Å². The lowest BCUT2D eigenvalue weighted by molar-refractivity contribution is 0.206. The van der Waals surface area contributed by atoms with Crippen molar-refractivity contribution < 1.29 is 4.79 Å². The zero-order valence-electron chi connectivity index (χ0n) is 12.7. The second-order valence-electron chi connectivity index (χ2n) is 5.23. The van der Waals surface area contributed by atoms with Gasteiger partial charge in [-0.25, -0.2) is 4.79 Å². The number of nitrogens with one attached hydrogen (secondary N) is 1. The molecule has 0 atom stereocenters. The summed E-state index contributed by atoms with van der Waals surface area (Å²) in [6.45, 7) is 1.15. The van der Waals surface area contributed by atoms with E-state index in [2.05, 4.69) is 5.32 Å². The highest BCUT2D eigenvalue weighted by Gasteiger charge is 2.15. The molecule has 23 heavy (non-hydrogen) atoms. The number of carbonyl (C=O) groups is 1. The molecule has 0 spiro atoms. The Labute approximate surface area is 140 Å². The molecule has 4 heteroatoms. The van der Waals surface area contributed by atoms with Crippen LogP contribution in [0.3, 0.4) is 0 Å². The summed E-state index contributed by atoms with van der Waals surface area (Å²) in [6.07, 6.45) is 0. The normalized spacial score (nSPS) is 10.3. The molecule has 0 bridgehead atoms. The van der Waals surface area contributed by atoms with E-state index in [9.17, 15) is 4.79 Å². The maximum absolute atomic E-state index is 12.6. The molecule has 1 heterocycles. The van der Waals surface area contributed by atoms with Gasteiger partial charge >= 0.3 is 6.03 Å². The molecule has 0 saturated carbocycles. The van der Waals surface area contributed by atoms with Crippen LogP contribution in [0.4, 0.5) is 9.80 Å². The fourth-order valence-corrected chi connectivity index (χ4v) is 2.95. The summed E-state index contributed by atoms with van der Waals surface area (Å²) in [4.78, 5) is 14.5. The molecule has 0 aliphatic rings. The maximum atomic E-state index is 12.6. The summed E-state index contributed by atoms with van der Waals surface area (Å²) in [5, 5.41) is 5.78. The lowest BCUT2D eigenvalue weighted by Crippen LogP contribution is -2.33. The average Bonchev–Trinajstić information content (AvgIpc) is 3.09. The second-order valence-corrected chi connectivity index (χ2v) is 6.18. The van der Waals surface area contributed by atoms with E-state index in [1.165, 1.54) is 11.3 Å². The highest BCUT2D eigenvalue weighted by molar-refractivity contribution is 7.14. The molecular formula is C19H18N2OS. The molecule has 1 N–H and O–H groups in total. The number of amides is 2. The van der Waals surface area contributed by atoms with Gasteiger partial charge in [0, 0.05) is 13.1 Å². The molecule has 0 fully saturated rings. The molecule has 0 unspecified atom stereocenters. The Balaban J connectivity index is 1.76. The van der Waals surface area contributed by atoms with Crippen LogP contribution in [0.25, 0.3) is 0 Å². The first-order chi connectivity index (χ1) is 11.3. The van der Waals surface area contributed by atoms with E-state index in [1.807, 2.05) is 83.1 Å². The summed E-state index contributed by atoms with van der Waals surface area (Å²) < 4.78 is 0. The van der Waals surface area contributed by atoms with Gasteiger partial charge in [0.25, 0.3) is 0 Å². The topological polar surface area (TPSA) is 32.3 Å². The van der Waals surface area contributed by atoms with E-state index in [0.29, 0.717) is 13.1 Å². The number of nitrogens with zero attached hydrogens (tertiary/aromatic N) is 1. The Morgan fingerprint density at radius 1 is 0.826 bits per heavy atom. The van der Waals surface area contributed by atoms with Crippen LogP contribution in [0.2, 0.25) is 0 Å². The van der Waals surface area contributed by atoms with Crippen molar-refractivity contribution in [3.05, 3.63) is 89.3 Å². The first-order valence-corrected chi connectivity index (χ1v) is 8.36. The highest BCUT2D eigenvalue weighted by atomic mass is 32.1. The molecule has 3 aromatic rings. The molecule has 2 amide bonds. The molecule has 0 aliphatic heterocycles. The summed E-state index contributed by atoms with van der Waals surface area (Å²) in [5.74, 6) is 0. The van der Waals surface area contributed by atoms with E-state index in [0.717, 1.165) is 16.1 Å². The third-order valence-corrected chi connectivity index (χ3v) is 4.26. The summed E-state index contributed by atoms with van der Waals surface area (Å²) in [5.41, 5.74) is 2.23. The minimum absolute atomic E-state index is 0.0832. The number of rotatable bonds is 5. The van der Waals surface area contributed by atoms with E-state index in [1.54, 1.807) is 0 Å². The SMILES string of the molecule is O=C(Nc1cccs1)N(Cc1ccccc1)Cc1ccccc1. The summed E-state index contributed by atoms with van der Waals surface area (Å²) in [7, 11) is 0. The number of hydrogen-bond acceptors (Lipinski definition) is 2. The number of thiophene rings is 1. The van der Waals surface area contributed by atoms with Gasteiger partial charge in [-0.05, 0) is 28.6 Å². The first kappa shape index (κ1) is 15.3. The quantitative estimate of drug-likeness (QED) is 0.706. The van der Waals surface area contributed by atoms with Crippen molar-refractivity contribution in [3.8, 4) is 0 Å². The van der Waals surface area contributed by atoms with Gasteiger partial charge in [-0.2, -0.15) is 0 Å². The van der Waals surface area contributed by atoms with Crippen LogP contribution in [-0.4, -0.2) is 10.9 Å². The van der Waals surface area contributed by atoms with Crippen LogP contribution in [-0.2, 0) is 13.1 Å². The van der Waals surface area contributed by atoms with Gasteiger partial charge < -0.3 is 4.90 Å². The van der Waals surface area contributed by atoms with Gasteiger partial charge in [0.2, 0.25) is 0 Å².